The summed E-state index contributed by atoms with van der Waals surface area (Å²) in [6.45, 7) is 8.05. The minimum absolute atomic E-state index is 0.225. The molecule has 0 radical (unpaired) electrons. The van der Waals surface area contributed by atoms with Crippen LogP contribution in [0.2, 0.25) is 0 Å². The maximum absolute atomic E-state index is 10.4. The van der Waals surface area contributed by atoms with Gasteiger partial charge in [-0.1, -0.05) is 40.0 Å². The lowest BCUT2D eigenvalue weighted by atomic mass is 9.75. The minimum atomic E-state index is -0.263. The van der Waals surface area contributed by atoms with Gasteiger partial charge < -0.3 is 9.67 Å². The highest BCUT2D eigenvalue weighted by Crippen LogP contribution is 2.41. The Labute approximate surface area is 129 Å². The number of hydrogen-bond donors (Lipinski definition) is 1. The summed E-state index contributed by atoms with van der Waals surface area (Å²) in [5, 5.41) is 10.4. The molecule has 1 unspecified atom stereocenters. The molecule has 2 heteroatoms. The lowest BCUT2D eigenvalue weighted by Crippen LogP contribution is -2.28. The third kappa shape index (κ3) is 3.21. The molecule has 0 aliphatic heterocycles. The zero-order chi connectivity index (χ0) is 15.0. The second kappa shape index (κ2) is 5.79. The molecular weight excluding hydrogens is 258 g/mol. The third-order valence-corrected chi connectivity index (χ3v) is 5.86. The Kier molecular flexibility index (Phi) is 4.18. The summed E-state index contributed by atoms with van der Waals surface area (Å²) in [5.41, 5.74) is 2.82. The Balaban J connectivity index is 1.70. The summed E-state index contributed by atoms with van der Waals surface area (Å²) < 4.78 is 2.45. The van der Waals surface area contributed by atoms with E-state index < -0.39 is 0 Å². The number of aromatic nitrogens is 1. The van der Waals surface area contributed by atoms with Crippen LogP contribution in [0, 0.1) is 17.3 Å². The molecule has 1 heterocycles. The molecule has 0 aromatic carbocycles. The zero-order valence-electron chi connectivity index (χ0n) is 13.9. The van der Waals surface area contributed by atoms with Crippen LogP contribution < -0.4 is 0 Å². The van der Waals surface area contributed by atoms with Crippen LogP contribution in [0.1, 0.15) is 76.7 Å². The summed E-state index contributed by atoms with van der Waals surface area (Å²) in [5.74, 6) is 1.81. The highest BCUT2D eigenvalue weighted by atomic mass is 16.3. The van der Waals surface area contributed by atoms with Gasteiger partial charge in [-0.15, -0.1) is 0 Å². The maximum Gasteiger partial charge on any atom is 0.0812 e. The first-order chi connectivity index (χ1) is 9.98. The van der Waals surface area contributed by atoms with Gasteiger partial charge in [0.2, 0.25) is 0 Å². The first-order valence-electron chi connectivity index (χ1n) is 8.84. The van der Waals surface area contributed by atoms with Gasteiger partial charge in [-0.05, 0) is 49.0 Å². The molecule has 118 valence electrons. The molecule has 0 amide bonds. The van der Waals surface area contributed by atoms with Crippen LogP contribution in [0.4, 0.5) is 0 Å². The Morgan fingerprint density at radius 2 is 1.86 bits per heavy atom. The number of aliphatic hydroxyl groups is 1. The molecule has 21 heavy (non-hydrogen) atoms. The van der Waals surface area contributed by atoms with Crippen molar-refractivity contribution in [2.24, 2.45) is 17.3 Å². The monoisotopic (exact) mass is 289 g/mol. The maximum atomic E-state index is 10.4. The van der Waals surface area contributed by atoms with Crippen molar-refractivity contribution in [2.45, 2.75) is 78.4 Å². The fraction of sp³-hybridized carbons (Fsp3) is 0.789. The largest absolute Gasteiger partial charge is 0.388 e. The van der Waals surface area contributed by atoms with Gasteiger partial charge in [0.1, 0.15) is 0 Å². The van der Waals surface area contributed by atoms with E-state index in [0.29, 0.717) is 0 Å². The highest BCUT2D eigenvalue weighted by molar-refractivity contribution is 5.29. The molecule has 1 N–H and O–H groups in total. The molecule has 1 fully saturated rings. The normalized spacial score (nSPS) is 31.9. The van der Waals surface area contributed by atoms with Crippen molar-refractivity contribution in [1.82, 2.24) is 4.57 Å². The van der Waals surface area contributed by atoms with E-state index in [1.807, 2.05) is 0 Å². The van der Waals surface area contributed by atoms with Crippen molar-refractivity contribution in [1.29, 1.82) is 0 Å². The van der Waals surface area contributed by atoms with E-state index in [1.165, 1.54) is 43.4 Å². The molecule has 1 aromatic rings. The molecule has 2 aliphatic carbocycles. The molecule has 0 saturated heterocycles. The van der Waals surface area contributed by atoms with Gasteiger partial charge in [0.05, 0.1) is 6.10 Å². The SMILES string of the molecule is CCC1CCC(Cn2ccc3c2CC(C)(C)CC3O)CC1. The summed E-state index contributed by atoms with van der Waals surface area (Å²) in [7, 11) is 0. The van der Waals surface area contributed by atoms with Crippen molar-refractivity contribution in [3.8, 4) is 0 Å². The minimum Gasteiger partial charge on any atom is -0.388 e. The number of fused-ring (bicyclic) bond motifs is 1. The zero-order valence-corrected chi connectivity index (χ0v) is 13.9. The quantitative estimate of drug-likeness (QED) is 0.856. The number of nitrogens with zero attached hydrogens (tertiary/aromatic N) is 1. The molecular formula is C19H31NO. The first-order valence-corrected chi connectivity index (χ1v) is 8.84. The highest BCUT2D eigenvalue weighted by Gasteiger charge is 2.33. The predicted octanol–water partition coefficient (Wildman–Crippen LogP) is 4.71. The first kappa shape index (κ1) is 15.1. The van der Waals surface area contributed by atoms with E-state index in [1.54, 1.807) is 0 Å². The molecule has 1 saturated carbocycles. The van der Waals surface area contributed by atoms with Gasteiger partial charge in [0.15, 0.2) is 0 Å². The molecule has 0 bridgehead atoms. The Hall–Kier alpha value is -0.760. The lowest BCUT2D eigenvalue weighted by molar-refractivity contribution is 0.0973. The van der Waals surface area contributed by atoms with Crippen LogP contribution in [0.15, 0.2) is 12.3 Å². The van der Waals surface area contributed by atoms with E-state index in [0.717, 1.165) is 31.2 Å². The van der Waals surface area contributed by atoms with Crippen molar-refractivity contribution in [2.75, 3.05) is 0 Å². The Bertz CT molecular complexity index is 480. The average molecular weight is 289 g/mol. The third-order valence-electron chi connectivity index (χ3n) is 5.86. The van der Waals surface area contributed by atoms with Crippen molar-refractivity contribution in [3.05, 3.63) is 23.5 Å². The van der Waals surface area contributed by atoms with E-state index in [2.05, 4.69) is 37.6 Å². The van der Waals surface area contributed by atoms with Crippen molar-refractivity contribution in [3.63, 3.8) is 0 Å². The summed E-state index contributed by atoms with van der Waals surface area (Å²) in [6.07, 6.45) is 10.9. The van der Waals surface area contributed by atoms with Gasteiger partial charge in [-0.3, -0.25) is 0 Å². The average Bonchev–Trinajstić information content (AvgIpc) is 2.81. The predicted molar refractivity (Wildman–Crippen MR) is 87.2 cm³/mol. The van der Waals surface area contributed by atoms with Gasteiger partial charge in [0.25, 0.3) is 0 Å². The van der Waals surface area contributed by atoms with Gasteiger partial charge >= 0.3 is 0 Å². The van der Waals surface area contributed by atoms with Crippen LogP contribution >= 0.6 is 0 Å². The number of rotatable bonds is 3. The lowest BCUT2D eigenvalue weighted by Gasteiger charge is -2.35. The molecule has 0 spiro atoms. The van der Waals surface area contributed by atoms with Gasteiger partial charge in [-0.25, -0.2) is 0 Å². The fourth-order valence-corrected chi connectivity index (χ4v) is 4.46. The fourth-order valence-electron chi connectivity index (χ4n) is 4.46. The number of aliphatic hydroxyl groups excluding tert-OH is 1. The van der Waals surface area contributed by atoms with Gasteiger partial charge in [0, 0.05) is 24.0 Å². The van der Waals surface area contributed by atoms with Crippen LogP contribution in [-0.4, -0.2) is 9.67 Å². The van der Waals surface area contributed by atoms with Crippen LogP contribution in [0.5, 0.6) is 0 Å². The second-order valence-corrected chi connectivity index (χ2v) is 8.23. The standard InChI is InChI=1S/C19H31NO/c1-4-14-5-7-15(8-6-14)13-20-10-9-16-17(20)11-19(2,3)12-18(16)21/h9-10,14-15,18,21H,4-8,11-13H2,1-3H3. The molecule has 2 nitrogen and oxygen atoms in total. The smallest absolute Gasteiger partial charge is 0.0812 e. The topological polar surface area (TPSA) is 25.2 Å². The van der Waals surface area contributed by atoms with E-state index in [9.17, 15) is 5.11 Å². The van der Waals surface area contributed by atoms with E-state index in [4.69, 9.17) is 0 Å². The number of hydrogen-bond acceptors (Lipinski definition) is 1. The second-order valence-electron chi connectivity index (χ2n) is 8.23. The molecule has 1 atom stereocenters. The van der Waals surface area contributed by atoms with E-state index in [-0.39, 0.29) is 11.5 Å². The van der Waals surface area contributed by atoms with E-state index >= 15 is 0 Å². The Morgan fingerprint density at radius 1 is 1.19 bits per heavy atom. The molecule has 1 aromatic heterocycles. The van der Waals surface area contributed by atoms with Crippen LogP contribution in [0.25, 0.3) is 0 Å². The summed E-state index contributed by atoms with van der Waals surface area (Å²) in [6, 6.07) is 2.16. The van der Waals surface area contributed by atoms with Gasteiger partial charge in [-0.2, -0.15) is 0 Å². The molecule has 2 aliphatic rings. The molecule has 3 rings (SSSR count). The van der Waals surface area contributed by atoms with Crippen molar-refractivity contribution >= 4 is 0 Å². The van der Waals surface area contributed by atoms with Crippen LogP contribution in [0.3, 0.4) is 0 Å². The summed E-state index contributed by atoms with van der Waals surface area (Å²) >= 11 is 0. The Morgan fingerprint density at radius 3 is 2.52 bits per heavy atom. The van der Waals surface area contributed by atoms with Crippen molar-refractivity contribution < 1.29 is 5.11 Å². The van der Waals surface area contributed by atoms with Crippen LogP contribution in [-0.2, 0) is 13.0 Å². The summed E-state index contributed by atoms with van der Waals surface area (Å²) in [4.78, 5) is 0.